The van der Waals surface area contributed by atoms with Gasteiger partial charge in [-0.3, -0.25) is 0 Å². The van der Waals surface area contributed by atoms with Gasteiger partial charge in [0.25, 0.3) is 0 Å². The van der Waals surface area contributed by atoms with Crippen molar-refractivity contribution in [2.75, 3.05) is 0 Å². The molecule has 84 valence electrons. The average molecular weight is 355 g/mol. The first-order valence-corrected chi connectivity index (χ1v) is 7.33. The fourth-order valence-corrected chi connectivity index (χ4v) is 3.76. The van der Waals surface area contributed by atoms with Crippen LogP contribution in [0.15, 0.2) is 44.4 Å². The molecule has 0 atom stereocenters. The molecule has 4 nitrogen and oxygen atoms in total. The zero-order valence-corrected chi connectivity index (χ0v) is 11.8. The van der Waals surface area contributed by atoms with Crippen LogP contribution in [0.5, 0.6) is 0 Å². The minimum atomic E-state index is 0.235. The van der Waals surface area contributed by atoms with Gasteiger partial charge in [0.05, 0.1) is 0 Å². The van der Waals surface area contributed by atoms with Gasteiger partial charge in [-0.15, -0.1) is 0 Å². The van der Waals surface area contributed by atoms with Crippen LogP contribution >= 0.6 is 15.9 Å². The number of hydrogen-bond acceptors (Lipinski definition) is 4. The molecule has 6 heteroatoms. The topological polar surface area (TPSA) is 51.8 Å². The third-order valence-electron chi connectivity index (χ3n) is 2.12. The number of aromatic nitrogens is 3. The van der Waals surface area contributed by atoms with Gasteiger partial charge in [0.1, 0.15) is 0 Å². The van der Waals surface area contributed by atoms with Crippen LogP contribution in [0.3, 0.4) is 0 Å². The molecule has 0 fully saturated rings. The zero-order chi connectivity index (χ0) is 11.7. The molecule has 0 spiro atoms. The Morgan fingerprint density at radius 1 is 1.12 bits per heavy atom. The molecular formula is C11H6BrN3OSe. The van der Waals surface area contributed by atoms with Gasteiger partial charge in [0.15, 0.2) is 0 Å². The molecule has 0 amide bonds. The van der Waals surface area contributed by atoms with E-state index in [9.17, 15) is 0 Å². The molecule has 0 aromatic carbocycles. The van der Waals surface area contributed by atoms with Gasteiger partial charge in [0.2, 0.25) is 0 Å². The van der Waals surface area contributed by atoms with Gasteiger partial charge in [-0.25, -0.2) is 0 Å². The summed E-state index contributed by atoms with van der Waals surface area (Å²) >= 11 is 3.70. The van der Waals surface area contributed by atoms with Crippen LogP contribution in [0.25, 0.3) is 21.8 Å². The monoisotopic (exact) mass is 355 g/mol. The number of nitrogens with zero attached hydrogens (tertiary/aromatic N) is 3. The molecule has 0 aliphatic carbocycles. The quantitative estimate of drug-likeness (QED) is 0.664. The van der Waals surface area contributed by atoms with Crippen LogP contribution < -0.4 is 0 Å². The summed E-state index contributed by atoms with van der Waals surface area (Å²) in [6.45, 7) is 0. The van der Waals surface area contributed by atoms with Crippen LogP contribution in [-0.4, -0.2) is 29.7 Å². The SMILES string of the molecule is Brc1ccc(-c2nnc(-c3cccnc3)o2)[se]1. The molecule has 0 aliphatic heterocycles. The maximum absolute atomic E-state index is 5.63. The Labute approximate surface area is 112 Å². The average Bonchev–Trinajstić information content (AvgIpc) is 2.98. The number of pyridine rings is 1. The third-order valence-corrected chi connectivity index (χ3v) is 5.03. The summed E-state index contributed by atoms with van der Waals surface area (Å²) in [5.41, 5.74) is 0.837. The first-order chi connectivity index (χ1) is 8.33. The number of hydrogen-bond donors (Lipinski definition) is 0. The molecular weight excluding hydrogens is 349 g/mol. The van der Waals surface area contributed by atoms with Gasteiger partial charge in [-0.1, -0.05) is 0 Å². The van der Waals surface area contributed by atoms with E-state index >= 15 is 0 Å². The van der Waals surface area contributed by atoms with E-state index in [0.29, 0.717) is 11.8 Å². The van der Waals surface area contributed by atoms with Crippen molar-refractivity contribution in [1.29, 1.82) is 0 Å². The van der Waals surface area contributed by atoms with Gasteiger partial charge >= 0.3 is 112 Å². The van der Waals surface area contributed by atoms with Crippen LogP contribution in [0.4, 0.5) is 0 Å². The fourth-order valence-electron chi connectivity index (χ4n) is 1.36. The summed E-state index contributed by atoms with van der Waals surface area (Å²) < 4.78 is 7.90. The van der Waals surface area contributed by atoms with Crippen molar-refractivity contribution in [3.8, 4) is 21.8 Å². The van der Waals surface area contributed by atoms with E-state index in [1.54, 1.807) is 12.4 Å². The van der Waals surface area contributed by atoms with Crippen molar-refractivity contribution in [1.82, 2.24) is 15.2 Å². The second-order valence-corrected chi connectivity index (χ2v) is 7.57. The van der Waals surface area contributed by atoms with Crippen LogP contribution in [0.2, 0.25) is 0 Å². The van der Waals surface area contributed by atoms with Crippen molar-refractivity contribution in [2.24, 2.45) is 0 Å². The van der Waals surface area contributed by atoms with Gasteiger partial charge in [0, 0.05) is 0 Å². The molecule has 0 radical (unpaired) electrons. The first kappa shape index (κ1) is 10.9. The van der Waals surface area contributed by atoms with Crippen molar-refractivity contribution in [3.63, 3.8) is 0 Å². The Balaban J connectivity index is 1.99. The van der Waals surface area contributed by atoms with Gasteiger partial charge in [-0.05, 0) is 0 Å². The molecule has 3 heterocycles. The van der Waals surface area contributed by atoms with E-state index in [-0.39, 0.29) is 14.5 Å². The summed E-state index contributed by atoms with van der Waals surface area (Å²) in [5, 5.41) is 8.09. The molecule has 0 N–H and O–H groups in total. The Hall–Kier alpha value is -1.23. The summed E-state index contributed by atoms with van der Waals surface area (Å²) in [7, 11) is 0. The third kappa shape index (κ3) is 2.24. The predicted molar refractivity (Wildman–Crippen MR) is 67.6 cm³/mol. The van der Waals surface area contributed by atoms with E-state index in [4.69, 9.17) is 4.42 Å². The fraction of sp³-hybridized carbons (Fsp3) is 0. The molecule has 3 rings (SSSR count). The standard InChI is InChI=1S/C11H6BrN3OSe/c12-9-4-3-8(17-9)11-15-14-10(16-11)7-2-1-5-13-6-7/h1-6H. The van der Waals surface area contributed by atoms with Gasteiger partial charge in [-0.2, -0.15) is 0 Å². The Morgan fingerprint density at radius 2 is 2.00 bits per heavy atom. The van der Waals surface area contributed by atoms with E-state index < -0.39 is 0 Å². The molecule has 3 aromatic rings. The number of rotatable bonds is 2. The molecule has 0 saturated heterocycles. The van der Waals surface area contributed by atoms with Gasteiger partial charge < -0.3 is 0 Å². The Bertz CT molecular complexity index is 635. The predicted octanol–water partition coefficient (Wildman–Crippen LogP) is 2.62. The van der Waals surface area contributed by atoms with Crippen molar-refractivity contribution in [3.05, 3.63) is 40.0 Å². The Morgan fingerprint density at radius 3 is 2.71 bits per heavy atom. The van der Waals surface area contributed by atoms with Crippen molar-refractivity contribution < 1.29 is 4.42 Å². The van der Waals surface area contributed by atoms with Crippen LogP contribution in [0, 0.1) is 0 Å². The molecule has 0 bridgehead atoms. The summed E-state index contributed by atoms with van der Waals surface area (Å²) in [6, 6.07) is 7.76. The molecule has 17 heavy (non-hydrogen) atoms. The normalized spacial score (nSPS) is 10.6. The number of halogens is 1. The van der Waals surface area contributed by atoms with E-state index in [1.165, 1.54) is 3.35 Å². The minimum absolute atomic E-state index is 0.235. The molecule has 0 aliphatic rings. The molecule has 0 unspecified atom stereocenters. The second-order valence-electron chi connectivity index (χ2n) is 3.26. The van der Waals surface area contributed by atoms with Crippen molar-refractivity contribution >= 4 is 30.4 Å². The second kappa shape index (κ2) is 4.56. The summed E-state index contributed by atoms with van der Waals surface area (Å²) in [5.74, 6) is 1.10. The Kier molecular flexibility index (Phi) is 2.92. The van der Waals surface area contributed by atoms with Crippen LogP contribution in [-0.2, 0) is 0 Å². The van der Waals surface area contributed by atoms with E-state index in [2.05, 4.69) is 31.1 Å². The molecule has 3 aromatic heterocycles. The zero-order valence-electron chi connectivity index (χ0n) is 8.50. The molecule has 0 saturated carbocycles. The van der Waals surface area contributed by atoms with E-state index in [0.717, 1.165) is 10.0 Å². The summed E-state index contributed by atoms with van der Waals surface area (Å²) in [6.07, 6.45) is 3.42. The summed E-state index contributed by atoms with van der Waals surface area (Å²) in [4.78, 5) is 4.02. The maximum atomic E-state index is 5.63. The van der Waals surface area contributed by atoms with Crippen LogP contribution in [0.1, 0.15) is 0 Å². The van der Waals surface area contributed by atoms with E-state index in [1.807, 2.05) is 24.3 Å². The van der Waals surface area contributed by atoms with Crippen molar-refractivity contribution in [2.45, 2.75) is 0 Å². The first-order valence-electron chi connectivity index (χ1n) is 4.82.